The lowest BCUT2D eigenvalue weighted by Gasteiger charge is -2.36. The molecular formula is C14H23NO2. The van der Waals surface area contributed by atoms with Gasteiger partial charge in [-0.2, -0.15) is 0 Å². The second-order valence-electron chi connectivity index (χ2n) is 5.64. The molecule has 0 atom stereocenters. The number of hydrogen-bond acceptors (Lipinski definition) is 3. The van der Waals surface area contributed by atoms with Crippen molar-refractivity contribution in [2.45, 2.75) is 51.6 Å². The third-order valence-corrected chi connectivity index (χ3v) is 3.98. The van der Waals surface area contributed by atoms with Crippen LogP contribution in [0.3, 0.4) is 0 Å². The Morgan fingerprint density at radius 1 is 1.41 bits per heavy atom. The van der Waals surface area contributed by atoms with Crippen LogP contribution in [0.25, 0.3) is 0 Å². The summed E-state index contributed by atoms with van der Waals surface area (Å²) in [5.74, 6) is 0.390. The largest absolute Gasteiger partial charge is 0.456 e. The van der Waals surface area contributed by atoms with E-state index in [4.69, 9.17) is 4.74 Å². The van der Waals surface area contributed by atoms with Crippen molar-refractivity contribution in [1.82, 2.24) is 5.32 Å². The van der Waals surface area contributed by atoms with Gasteiger partial charge in [-0.1, -0.05) is 6.08 Å². The molecule has 0 aromatic heterocycles. The highest BCUT2D eigenvalue weighted by Crippen LogP contribution is 2.31. The summed E-state index contributed by atoms with van der Waals surface area (Å²) in [7, 11) is 0. The number of carbonyl (C=O) groups is 1. The van der Waals surface area contributed by atoms with Crippen LogP contribution in [0.4, 0.5) is 0 Å². The molecule has 2 aliphatic rings. The Kier molecular flexibility index (Phi) is 3.87. The van der Waals surface area contributed by atoms with Gasteiger partial charge in [-0.15, -0.1) is 0 Å². The van der Waals surface area contributed by atoms with E-state index in [2.05, 4.69) is 19.2 Å². The smallest absolute Gasteiger partial charge is 0.334 e. The predicted molar refractivity (Wildman–Crippen MR) is 67.7 cm³/mol. The molecule has 1 aliphatic heterocycles. The Hall–Kier alpha value is -0.830. The Bertz CT molecular complexity index is 314. The first-order valence-electron chi connectivity index (χ1n) is 6.73. The molecular weight excluding hydrogens is 214 g/mol. The number of esters is 1. The van der Waals surface area contributed by atoms with Crippen LogP contribution in [0.15, 0.2) is 11.6 Å². The van der Waals surface area contributed by atoms with Crippen LogP contribution in [0.5, 0.6) is 0 Å². The molecule has 0 aromatic carbocycles. The SMILES string of the molecule is CC(C)(OC(=O)C1=CCCC1)C1CCNCC1. The van der Waals surface area contributed by atoms with Gasteiger partial charge >= 0.3 is 5.97 Å². The zero-order valence-corrected chi connectivity index (χ0v) is 10.9. The predicted octanol–water partition coefficient (Wildman–Crippen LogP) is 2.42. The number of nitrogens with one attached hydrogen (secondary N) is 1. The van der Waals surface area contributed by atoms with Crippen LogP contribution in [-0.4, -0.2) is 24.7 Å². The first-order valence-corrected chi connectivity index (χ1v) is 6.73. The number of piperidine rings is 1. The summed E-state index contributed by atoms with van der Waals surface area (Å²) in [6.07, 6.45) is 7.23. The molecule has 1 N–H and O–H groups in total. The van der Waals surface area contributed by atoms with Crippen molar-refractivity contribution in [3.05, 3.63) is 11.6 Å². The summed E-state index contributed by atoms with van der Waals surface area (Å²) < 4.78 is 5.73. The van der Waals surface area contributed by atoms with Crippen LogP contribution in [0, 0.1) is 5.92 Å². The lowest BCUT2D eigenvalue weighted by molar-refractivity contribution is -0.157. The van der Waals surface area contributed by atoms with E-state index in [9.17, 15) is 4.79 Å². The van der Waals surface area contributed by atoms with Crippen molar-refractivity contribution in [1.29, 1.82) is 0 Å². The fraction of sp³-hybridized carbons (Fsp3) is 0.786. The molecule has 0 unspecified atom stereocenters. The van der Waals surface area contributed by atoms with Crippen molar-refractivity contribution in [3.63, 3.8) is 0 Å². The van der Waals surface area contributed by atoms with E-state index in [-0.39, 0.29) is 11.6 Å². The molecule has 1 fully saturated rings. The van der Waals surface area contributed by atoms with Crippen molar-refractivity contribution in [2.75, 3.05) is 13.1 Å². The average Bonchev–Trinajstić information content (AvgIpc) is 2.83. The Labute approximate surface area is 104 Å². The molecule has 1 saturated heterocycles. The second-order valence-corrected chi connectivity index (χ2v) is 5.64. The molecule has 0 bridgehead atoms. The van der Waals surface area contributed by atoms with Crippen molar-refractivity contribution < 1.29 is 9.53 Å². The molecule has 1 heterocycles. The highest BCUT2D eigenvalue weighted by atomic mass is 16.6. The number of carbonyl (C=O) groups excluding carboxylic acids is 1. The maximum Gasteiger partial charge on any atom is 0.334 e. The highest BCUT2D eigenvalue weighted by molar-refractivity contribution is 5.89. The van der Waals surface area contributed by atoms with Crippen molar-refractivity contribution in [2.24, 2.45) is 5.92 Å². The maximum atomic E-state index is 12.0. The Morgan fingerprint density at radius 3 is 2.71 bits per heavy atom. The van der Waals surface area contributed by atoms with Gasteiger partial charge < -0.3 is 10.1 Å². The number of ether oxygens (including phenoxy) is 1. The van der Waals surface area contributed by atoms with Gasteiger partial charge in [0.15, 0.2) is 0 Å². The molecule has 3 heteroatoms. The van der Waals surface area contributed by atoms with E-state index in [1.165, 1.54) is 0 Å². The molecule has 0 aromatic rings. The minimum Gasteiger partial charge on any atom is -0.456 e. The quantitative estimate of drug-likeness (QED) is 0.766. The zero-order valence-electron chi connectivity index (χ0n) is 10.9. The summed E-state index contributed by atoms with van der Waals surface area (Å²) in [5.41, 5.74) is 0.551. The van der Waals surface area contributed by atoms with Gasteiger partial charge in [0.1, 0.15) is 5.60 Å². The molecule has 0 amide bonds. The minimum absolute atomic E-state index is 0.0916. The van der Waals surface area contributed by atoms with Gasteiger partial charge in [0.2, 0.25) is 0 Å². The molecule has 0 saturated carbocycles. The summed E-state index contributed by atoms with van der Waals surface area (Å²) in [6, 6.07) is 0. The van der Waals surface area contributed by atoms with E-state index in [1.54, 1.807) is 0 Å². The van der Waals surface area contributed by atoms with Crippen LogP contribution < -0.4 is 5.32 Å². The Morgan fingerprint density at radius 2 is 2.12 bits per heavy atom. The van der Waals surface area contributed by atoms with Crippen molar-refractivity contribution >= 4 is 5.97 Å². The van der Waals surface area contributed by atoms with Gasteiger partial charge in [-0.25, -0.2) is 4.79 Å². The molecule has 1 aliphatic carbocycles. The Balaban J connectivity index is 1.93. The van der Waals surface area contributed by atoms with Crippen LogP contribution in [-0.2, 0) is 9.53 Å². The number of allylic oxidation sites excluding steroid dienone is 1. The molecule has 0 radical (unpaired) electrons. The van der Waals surface area contributed by atoms with Crippen molar-refractivity contribution in [3.8, 4) is 0 Å². The standard InChI is InChI=1S/C14H23NO2/c1-14(2,12-7-9-15-10-8-12)17-13(16)11-5-3-4-6-11/h5,12,15H,3-4,6-10H2,1-2H3. The van der Waals surface area contributed by atoms with Gasteiger partial charge in [0, 0.05) is 11.5 Å². The van der Waals surface area contributed by atoms with E-state index in [0.717, 1.165) is 50.8 Å². The van der Waals surface area contributed by atoms with E-state index in [0.29, 0.717) is 5.92 Å². The highest BCUT2D eigenvalue weighted by Gasteiger charge is 2.34. The average molecular weight is 237 g/mol. The molecule has 2 rings (SSSR count). The summed E-state index contributed by atoms with van der Waals surface area (Å²) >= 11 is 0. The van der Waals surface area contributed by atoms with Gasteiger partial charge in [0.05, 0.1) is 0 Å². The normalized spacial score (nSPS) is 22.4. The fourth-order valence-electron chi connectivity index (χ4n) is 2.76. The van der Waals surface area contributed by atoms with E-state index >= 15 is 0 Å². The summed E-state index contributed by atoms with van der Waals surface area (Å²) in [6.45, 7) is 6.18. The second kappa shape index (κ2) is 5.21. The molecule has 0 spiro atoms. The van der Waals surface area contributed by atoms with Gasteiger partial charge in [0.25, 0.3) is 0 Å². The third kappa shape index (κ3) is 3.09. The lowest BCUT2D eigenvalue weighted by atomic mass is 9.83. The monoisotopic (exact) mass is 237 g/mol. The molecule has 3 nitrogen and oxygen atoms in total. The fourth-order valence-corrected chi connectivity index (χ4v) is 2.76. The first kappa shape index (κ1) is 12.6. The summed E-state index contributed by atoms with van der Waals surface area (Å²) in [4.78, 5) is 12.0. The maximum absolute atomic E-state index is 12.0. The topological polar surface area (TPSA) is 38.3 Å². The number of hydrogen-bond donors (Lipinski definition) is 1. The third-order valence-electron chi connectivity index (χ3n) is 3.98. The van der Waals surface area contributed by atoms with E-state index in [1.807, 2.05) is 6.08 Å². The van der Waals surface area contributed by atoms with E-state index < -0.39 is 0 Å². The van der Waals surface area contributed by atoms with Gasteiger partial charge in [-0.3, -0.25) is 0 Å². The first-order chi connectivity index (χ1) is 8.09. The van der Waals surface area contributed by atoms with Crippen LogP contribution in [0.2, 0.25) is 0 Å². The lowest BCUT2D eigenvalue weighted by Crippen LogP contribution is -2.42. The molecule has 96 valence electrons. The minimum atomic E-state index is -0.331. The van der Waals surface area contributed by atoms with Crippen LogP contribution >= 0.6 is 0 Å². The zero-order chi connectivity index (χ0) is 12.3. The van der Waals surface area contributed by atoms with Crippen LogP contribution in [0.1, 0.15) is 46.0 Å². The molecule has 17 heavy (non-hydrogen) atoms. The van der Waals surface area contributed by atoms with Gasteiger partial charge in [-0.05, 0) is 59.0 Å². The summed E-state index contributed by atoms with van der Waals surface area (Å²) in [5, 5.41) is 3.34. The number of rotatable bonds is 3.